The van der Waals surface area contributed by atoms with Crippen LogP contribution in [0.25, 0.3) is 10.8 Å². The maximum absolute atomic E-state index is 13.4. The third-order valence-electron chi connectivity index (χ3n) is 5.06. The molecule has 0 bridgehead atoms. The van der Waals surface area contributed by atoms with E-state index in [1.54, 1.807) is 17.0 Å². The van der Waals surface area contributed by atoms with Crippen LogP contribution in [-0.2, 0) is 17.8 Å². The van der Waals surface area contributed by atoms with Crippen LogP contribution in [0.3, 0.4) is 0 Å². The molecule has 5 nitrogen and oxygen atoms in total. The van der Waals surface area contributed by atoms with Gasteiger partial charge in [-0.15, -0.1) is 0 Å². The number of anilines is 1. The number of nitrogens with zero attached hydrogens (tertiary/aromatic N) is 2. The number of amides is 1. The van der Waals surface area contributed by atoms with Gasteiger partial charge in [0.2, 0.25) is 5.91 Å². The molecule has 0 aliphatic heterocycles. The van der Waals surface area contributed by atoms with E-state index >= 15 is 0 Å². The summed E-state index contributed by atoms with van der Waals surface area (Å²) in [4.78, 5) is 25.8. The van der Waals surface area contributed by atoms with Gasteiger partial charge in [0.25, 0.3) is 5.69 Å². The molecule has 148 valence electrons. The fraction of sp³-hybridized carbons (Fsp3) is 0.0800. The van der Waals surface area contributed by atoms with Gasteiger partial charge in [-0.3, -0.25) is 14.9 Å². The summed E-state index contributed by atoms with van der Waals surface area (Å²) in [6.45, 7) is 0.339. The molecular formula is C25H20N2O3. The van der Waals surface area contributed by atoms with Gasteiger partial charge in [0.15, 0.2) is 0 Å². The number of rotatable bonds is 6. The van der Waals surface area contributed by atoms with E-state index < -0.39 is 4.92 Å². The lowest BCUT2D eigenvalue weighted by molar-refractivity contribution is -0.384. The lowest BCUT2D eigenvalue weighted by Crippen LogP contribution is -2.31. The molecule has 0 aromatic heterocycles. The standard InChI is InChI=1S/C25H20N2O3/c28-25(16-21-12-6-11-20-10-4-5-15-24(20)21)26(18-19-8-2-1-3-9-19)22-13-7-14-23(17-22)27(29)30/h1-15,17H,16,18H2. The highest BCUT2D eigenvalue weighted by molar-refractivity contribution is 5.98. The minimum absolute atomic E-state index is 0.0384. The normalized spacial score (nSPS) is 10.7. The van der Waals surface area contributed by atoms with Gasteiger partial charge in [-0.1, -0.05) is 78.9 Å². The van der Waals surface area contributed by atoms with Gasteiger partial charge in [0.1, 0.15) is 0 Å². The first-order valence-electron chi connectivity index (χ1n) is 9.67. The number of carbonyl (C=O) groups is 1. The SMILES string of the molecule is O=C(Cc1cccc2ccccc12)N(Cc1ccccc1)c1cccc([N+](=O)[O-])c1. The molecule has 4 aromatic rings. The summed E-state index contributed by atoms with van der Waals surface area (Å²) >= 11 is 0. The Balaban J connectivity index is 1.70. The first-order chi connectivity index (χ1) is 14.6. The Bertz CT molecular complexity index is 1200. The highest BCUT2D eigenvalue weighted by Crippen LogP contribution is 2.25. The summed E-state index contributed by atoms with van der Waals surface area (Å²) in [5.41, 5.74) is 2.36. The van der Waals surface area contributed by atoms with Crippen molar-refractivity contribution in [2.45, 2.75) is 13.0 Å². The van der Waals surface area contributed by atoms with Gasteiger partial charge in [-0.05, 0) is 28.0 Å². The van der Waals surface area contributed by atoms with E-state index in [9.17, 15) is 14.9 Å². The molecular weight excluding hydrogens is 376 g/mol. The van der Waals surface area contributed by atoms with E-state index in [2.05, 4.69) is 0 Å². The Labute approximate surface area is 174 Å². The van der Waals surface area contributed by atoms with Crippen molar-refractivity contribution >= 4 is 28.1 Å². The second-order valence-corrected chi connectivity index (χ2v) is 7.06. The highest BCUT2D eigenvalue weighted by atomic mass is 16.6. The number of fused-ring (bicyclic) bond motifs is 1. The second-order valence-electron chi connectivity index (χ2n) is 7.06. The van der Waals surface area contributed by atoms with Crippen LogP contribution in [0.15, 0.2) is 97.1 Å². The maximum Gasteiger partial charge on any atom is 0.271 e. The number of carbonyl (C=O) groups excluding carboxylic acids is 1. The highest BCUT2D eigenvalue weighted by Gasteiger charge is 2.20. The molecule has 0 heterocycles. The summed E-state index contributed by atoms with van der Waals surface area (Å²) in [6.07, 6.45) is 0.205. The van der Waals surface area contributed by atoms with Crippen LogP contribution in [0.4, 0.5) is 11.4 Å². The third-order valence-corrected chi connectivity index (χ3v) is 5.06. The van der Waals surface area contributed by atoms with E-state index in [1.807, 2.05) is 72.8 Å². The summed E-state index contributed by atoms with van der Waals surface area (Å²) in [7, 11) is 0. The monoisotopic (exact) mass is 396 g/mol. The Kier molecular flexibility index (Phi) is 5.52. The molecule has 0 unspecified atom stereocenters. The molecule has 0 aliphatic carbocycles. The molecule has 30 heavy (non-hydrogen) atoms. The number of hydrogen-bond donors (Lipinski definition) is 0. The van der Waals surface area contributed by atoms with Crippen molar-refractivity contribution in [1.82, 2.24) is 0 Å². The molecule has 0 N–H and O–H groups in total. The first-order valence-corrected chi connectivity index (χ1v) is 9.67. The number of nitro benzene ring substituents is 1. The number of nitro groups is 1. The summed E-state index contributed by atoms with van der Waals surface area (Å²) in [5.74, 6) is -0.115. The molecule has 0 saturated carbocycles. The summed E-state index contributed by atoms with van der Waals surface area (Å²) in [5, 5.41) is 13.4. The predicted octanol–water partition coefficient (Wildman–Crippen LogP) is 5.52. The van der Waals surface area contributed by atoms with Gasteiger partial charge in [-0.2, -0.15) is 0 Å². The molecule has 0 spiro atoms. The van der Waals surface area contributed by atoms with Crippen LogP contribution in [0.1, 0.15) is 11.1 Å². The molecule has 4 aromatic carbocycles. The maximum atomic E-state index is 13.4. The molecule has 0 saturated heterocycles. The molecule has 0 radical (unpaired) electrons. The average Bonchev–Trinajstić information content (AvgIpc) is 2.78. The number of non-ortho nitro benzene ring substituents is 1. The van der Waals surface area contributed by atoms with Crippen molar-refractivity contribution in [2.75, 3.05) is 4.90 Å². The van der Waals surface area contributed by atoms with E-state index in [-0.39, 0.29) is 18.0 Å². The van der Waals surface area contributed by atoms with Crippen molar-refractivity contribution in [1.29, 1.82) is 0 Å². The summed E-state index contributed by atoms with van der Waals surface area (Å²) in [6, 6.07) is 29.7. The second kappa shape index (κ2) is 8.57. The number of benzene rings is 4. The Morgan fingerprint density at radius 2 is 1.53 bits per heavy atom. The van der Waals surface area contributed by atoms with Crippen LogP contribution < -0.4 is 4.90 Å². The van der Waals surface area contributed by atoms with Crippen LogP contribution in [-0.4, -0.2) is 10.8 Å². The van der Waals surface area contributed by atoms with Crippen molar-refractivity contribution in [3.63, 3.8) is 0 Å². The van der Waals surface area contributed by atoms with E-state index in [0.29, 0.717) is 12.2 Å². The molecule has 1 amide bonds. The van der Waals surface area contributed by atoms with Gasteiger partial charge in [0, 0.05) is 12.1 Å². The topological polar surface area (TPSA) is 63.5 Å². The predicted molar refractivity (Wildman–Crippen MR) is 118 cm³/mol. The lowest BCUT2D eigenvalue weighted by Gasteiger charge is -2.23. The minimum atomic E-state index is -0.445. The van der Waals surface area contributed by atoms with Gasteiger partial charge < -0.3 is 4.90 Å². The van der Waals surface area contributed by atoms with Crippen LogP contribution in [0.2, 0.25) is 0 Å². The fourth-order valence-electron chi connectivity index (χ4n) is 3.57. The molecule has 5 heteroatoms. The molecule has 0 atom stereocenters. The zero-order chi connectivity index (χ0) is 20.9. The smallest absolute Gasteiger partial charge is 0.271 e. The Morgan fingerprint density at radius 1 is 0.833 bits per heavy atom. The average molecular weight is 396 g/mol. The zero-order valence-electron chi connectivity index (χ0n) is 16.3. The van der Waals surface area contributed by atoms with E-state index in [0.717, 1.165) is 21.9 Å². The third kappa shape index (κ3) is 4.20. The molecule has 0 fully saturated rings. The molecule has 0 aliphatic rings. The summed E-state index contributed by atoms with van der Waals surface area (Å²) < 4.78 is 0. The van der Waals surface area contributed by atoms with Crippen molar-refractivity contribution < 1.29 is 9.72 Å². The van der Waals surface area contributed by atoms with Gasteiger partial charge in [0.05, 0.1) is 23.6 Å². The van der Waals surface area contributed by atoms with Crippen molar-refractivity contribution in [3.8, 4) is 0 Å². The lowest BCUT2D eigenvalue weighted by atomic mass is 10.0. The minimum Gasteiger partial charge on any atom is -0.307 e. The van der Waals surface area contributed by atoms with Gasteiger partial charge >= 0.3 is 0 Å². The van der Waals surface area contributed by atoms with Crippen LogP contribution >= 0.6 is 0 Å². The van der Waals surface area contributed by atoms with E-state index in [1.165, 1.54) is 12.1 Å². The van der Waals surface area contributed by atoms with Crippen molar-refractivity contribution in [3.05, 3.63) is 118 Å². The fourth-order valence-corrected chi connectivity index (χ4v) is 3.57. The van der Waals surface area contributed by atoms with Crippen LogP contribution in [0, 0.1) is 10.1 Å². The molecule has 4 rings (SSSR count). The van der Waals surface area contributed by atoms with Gasteiger partial charge in [-0.25, -0.2) is 0 Å². The number of hydrogen-bond acceptors (Lipinski definition) is 3. The zero-order valence-corrected chi connectivity index (χ0v) is 16.3. The van der Waals surface area contributed by atoms with Crippen molar-refractivity contribution in [2.24, 2.45) is 0 Å². The Morgan fingerprint density at radius 3 is 2.33 bits per heavy atom. The van der Waals surface area contributed by atoms with Crippen LogP contribution in [0.5, 0.6) is 0 Å². The quantitative estimate of drug-likeness (QED) is 0.318. The van der Waals surface area contributed by atoms with E-state index in [4.69, 9.17) is 0 Å². The first kappa shape index (κ1) is 19.3. The largest absolute Gasteiger partial charge is 0.307 e. The Hall–Kier alpha value is -3.99.